The normalized spacial score (nSPS) is 16.4. The summed E-state index contributed by atoms with van der Waals surface area (Å²) in [6, 6.07) is 9.32. The van der Waals surface area contributed by atoms with Gasteiger partial charge in [0.05, 0.1) is 22.0 Å². The van der Waals surface area contributed by atoms with Crippen LogP contribution < -0.4 is 5.32 Å². The van der Waals surface area contributed by atoms with Gasteiger partial charge in [-0.3, -0.25) is 9.59 Å². The molecule has 3 rings (SSSR count). The fourth-order valence-corrected chi connectivity index (χ4v) is 3.66. The summed E-state index contributed by atoms with van der Waals surface area (Å²) in [5.74, 6) is -0.628. The minimum atomic E-state index is -0.620. The number of hydrogen-bond acceptors (Lipinski definition) is 4. The molecule has 2 amide bonds. The summed E-state index contributed by atoms with van der Waals surface area (Å²) in [6.45, 7) is 2.14. The molecule has 1 fully saturated rings. The van der Waals surface area contributed by atoms with Crippen molar-refractivity contribution in [3.05, 3.63) is 57.3 Å². The number of amides is 2. The topological polar surface area (TPSA) is 86.1 Å². The van der Waals surface area contributed by atoms with Crippen LogP contribution in [0.2, 0.25) is 10.0 Å². The van der Waals surface area contributed by atoms with Gasteiger partial charge in [0.15, 0.2) is 0 Å². The predicted octanol–water partition coefficient (Wildman–Crippen LogP) is 4.20. The summed E-state index contributed by atoms with van der Waals surface area (Å²) in [5.41, 5.74) is 1.57. The van der Waals surface area contributed by atoms with Gasteiger partial charge in [-0.2, -0.15) is 5.26 Å². The summed E-state index contributed by atoms with van der Waals surface area (Å²) in [6.07, 6.45) is 2.21. The zero-order chi connectivity index (χ0) is 20.3. The molecule has 28 heavy (non-hydrogen) atoms. The van der Waals surface area contributed by atoms with Gasteiger partial charge < -0.3 is 10.2 Å². The molecule has 0 bridgehead atoms. The standard InChI is InChI=1S/C20H18Cl2N4O2/c1-12-13(11-23)5-7-17(24-12)20(28)26-9-3-2-4-18(26)19(27)25-16-8-6-14(21)10-15(16)22/h5-8,10,18H,2-4,9H2,1H3,(H,25,27). The largest absolute Gasteiger partial charge is 0.325 e. The maximum atomic E-state index is 13.0. The van der Waals surface area contributed by atoms with Crippen LogP contribution in [0.5, 0.6) is 0 Å². The van der Waals surface area contributed by atoms with Crippen molar-refractivity contribution in [1.82, 2.24) is 9.88 Å². The number of nitrogens with one attached hydrogen (secondary N) is 1. The average Bonchev–Trinajstić information content (AvgIpc) is 2.69. The predicted molar refractivity (Wildman–Crippen MR) is 107 cm³/mol. The lowest BCUT2D eigenvalue weighted by atomic mass is 10.0. The van der Waals surface area contributed by atoms with Crippen LogP contribution in [-0.4, -0.2) is 34.3 Å². The molecule has 0 saturated carbocycles. The number of nitrogens with zero attached hydrogens (tertiary/aromatic N) is 3. The third-order valence-electron chi connectivity index (χ3n) is 4.68. The van der Waals surface area contributed by atoms with E-state index in [1.807, 2.05) is 6.07 Å². The van der Waals surface area contributed by atoms with E-state index in [0.29, 0.717) is 40.0 Å². The first-order valence-corrected chi connectivity index (χ1v) is 9.61. The molecule has 1 saturated heterocycles. The lowest BCUT2D eigenvalue weighted by Crippen LogP contribution is -2.50. The van der Waals surface area contributed by atoms with Gasteiger partial charge in [0.25, 0.3) is 5.91 Å². The van der Waals surface area contributed by atoms with Crippen molar-refractivity contribution >= 4 is 40.7 Å². The number of anilines is 1. The summed E-state index contributed by atoms with van der Waals surface area (Å²) < 4.78 is 0. The second-order valence-electron chi connectivity index (χ2n) is 6.56. The van der Waals surface area contributed by atoms with E-state index < -0.39 is 6.04 Å². The third kappa shape index (κ3) is 4.27. The Kier molecular flexibility index (Phi) is 6.18. The van der Waals surface area contributed by atoms with Gasteiger partial charge in [0.2, 0.25) is 5.91 Å². The number of rotatable bonds is 3. The van der Waals surface area contributed by atoms with E-state index in [0.717, 1.165) is 12.8 Å². The molecule has 1 atom stereocenters. The smallest absolute Gasteiger partial charge is 0.273 e. The van der Waals surface area contributed by atoms with Crippen molar-refractivity contribution in [2.45, 2.75) is 32.2 Å². The van der Waals surface area contributed by atoms with Crippen molar-refractivity contribution in [2.75, 3.05) is 11.9 Å². The van der Waals surface area contributed by atoms with Crippen molar-refractivity contribution in [2.24, 2.45) is 0 Å². The highest BCUT2D eigenvalue weighted by Gasteiger charge is 2.33. The third-order valence-corrected chi connectivity index (χ3v) is 5.23. The molecule has 1 aromatic heterocycles. The van der Waals surface area contributed by atoms with E-state index >= 15 is 0 Å². The molecule has 8 heteroatoms. The van der Waals surface area contributed by atoms with E-state index in [-0.39, 0.29) is 17.5 Å². The van der Waals surface area contributed by atoms with Gasteiger partial charge in [-0.25, -0.2) is 4.98 Å². The maximum Gasteiger partial charge on any atom is 0.273 e. The van der Waals surface area contributed by atoms with E-state index in [4.69, 9.17) is 28.5 Å². The lowest BCUT2D eigenvalue weighted by Gasteiger charge is -2.34. The minimum Gasteiger partial charge on any atom is -0.325 e. The molecular formula is C20H18Cl2N4O2. The van der Waals surface area contributed by atoms with Crippen molar-refractivity contribution in [3.63, 3.8) is 0 Å². The Morgan fingerprint density at radius 2 is 2.04 bits per heavy atom. The molecule has 144 valence electrons. The van der Waals surface area contributed by atoms with Gasteiger partial charge in [-0.05, 0) is 56.5 Å². The van der Waals surface area contributed by atoms with E-state index in [9.17, 15) is 9.59 Å². The molecule has 2 heterocycles. The molecule has 1 aliphatic heterocycles. The Hall–Kier alpha value is -2.62. The maximum absolute atomic E-state index is 13.0. The summed E-state index contributed by atoms with van der Waals surface area (Å²) >= 11 is 12.0. The Morgan fingerprint density at radius 1 is 1.25 bits per heavy atom. The number of nitriles is 1. The van der Waals surface area contributed by atoms with Gasteiger partial charge in [-0.1, -0.05) is 23.2 Å². The molecule has 6 nitrogen and oxygen atoms in total. The summed E-state index contributed by atoms with van der Waals surface area (Å²) in [4.78, 5) is 31.6. The van der Waals surface area contributed by atoms with Crippen molar-refractivity contribution in [1.29, 1.82) is 5.26 Å². The van der Waals surface area contributed by atoms with Crippen molar-refractivity contribution < 1.29 is 9.59 Å². The average molecular weight is 417 g/mol. The second kappa shape index (κ2) is 8.59. The Bertz CT molecular complexity index is 971. The molecule has 1 unspecified atom stereocenters. The molecule has 0 radical (unpaired) electrons. The first kappa shape index (κ1) is 20.1. The summed E-state index contributed by atoms with van der Waals surface area (Å²) in [5, 5.41) is 12.6. The van der Waals surface area contributed by atoms with E-state index in [1.54, 1.807) is 31.2 Å². The van der Waals surface area contributed by atoms with Crippen LogP contribution in [0, 0.1) is 18.3 Å². The van der Waals surface area contributed by atoms with Crippen LogP contribution in [-0.2, 0) is 4.79 Å². The van der Waals surface area contributed by atoms with Crippen molar-refractivity contribution in [3.8, 4) is 6.07 Å². The van der Waals surface area contributed by atoms with Crippen LogP contribution in [0.4, 0.5) is 5.69 Å². The molecule has 0 spiro atoms. The molecule has 1 aromatic carbocycles. The van der Waals surface area contributed by atoms with Gasteiger partial charge in [0.1, 0.15) is 17.8 Å². The first-order valence-electron chi connectivity index (χ1n) is 8.85. The van der Waals surface area contributed by atoms with Gasteiger partial charge >= 0.3 is 0 Å². The van der Waals surface area contributed by atoms with E-state index in [1.165, 1.54) is 11.0 Å². The van der Waals surface area contributed by atoms with E-state index in [2.05, 4.69) is 10.3 Å². The zero-order valence-electron chi connectivity index (χ0n) is 15.2. The number of likely N-dealkylation sites (tertiary alicyclic amines) is 1. The zero-order valence-corrected chi connectivity index (χ0v) is 16.7. The van der Waals surface area contributed by atoms with Gasteiger partial charge in [0, 0.05) is 11.6 Å². The number of carbonyl (C=O) groups excluding carboxylic acids is 2. The first-order chi connectivity index (χ1) is 13.4. The van der Waals surface area contributed by atoms with Crippen LogP contribution in [0.1, 0.15) is 41.0 Å². The Balaban J connectivity index is 1.81. The fourth-order valence-electron chi connectivity index (χ4n) is 3.20. The number of hydrogen-bond donors (Lipinski definition) is 1. The minimum absolute atomic E-state index is 0.223. The van der Waals surface area contributed by atoms with Crippen LogP contribution in [0.25, 0.3) is 0 Å². The number of halogens is 2. The molecular weight excluding hydrogens is 399 g/mol. The highest BCUT2D eigenvalue weighted by atomic mass is 35.5. The number of carbonyl (C=O) groups is 2. The second-order valence-corrected chi connectivity index (χ2v) is 7.41. The van der Waals surface area contributed by atoms with Crippen LogP contribution in [0.3, 0.4) is 0 Å². The molecule has 2 aromatic rings. The highest BCUT2D eigenvalue weighted by molar-refractivity contribution is 6.36. The molecule has 0 aliphatic carbocycles. The number of pyridine rings is 1. The number of benzene rings is 1. The molecule has 1 aliphatic rings. The number of aromatic nitrogens is 1. The SMILES string of the molecule is Cc1nc(C(=O)N2CCCCC2C(=O)Nc2ccc(Cl)cc2Cl)ccc1C#N. The number of piperidine rings is 1. The highest BCUT2D eigenvalue weighted by Crippen LogP contribution is 2.27. The quantitative estimate of drug-likeness (QED) is 0.811. The summed E-state index contributed by atoms with van der Waals surface area (Å²) in [7, 11) is 0. The Morgan fingerprint density at radius 3 is 2.71 bits per heavy atom. The lowest BCUT2D eigenvalue weighted by molar-refractivity contribution is -0.121. The number of aryl methyl sites for hydroxylation is 1. The Labute approximate surface area is 173 Å². The van der Waals surface area contributed by atoms with Gasteiger partial charge in [-0.15, -0.1) is 0 Å². The van der Waals surface area contributed by atoms with Crippen LogP contribution >= 0.6 is 23.2 Å². The van der Waals surface area contributed by atoms with Crippen LogP contribution in [0.15, 0.2) is 30.3 Å². The molecule has 1 N–H and O–H groups in total. The monoisotopic (exact) mass is 416 g/mol. The fraction of sp³-hybridized carbons (Fsp3) is 0.300.